The number of nitrogens with zero attached hydrogens (tertiary/aromatic N) is 5. The molecule has 0 saturated carbocycles. The first-order valence-corrected chi connectivity index (χ1v) is 10.4. The largest absolute Gasteiger partial charge is 0.478 e. The second-order valence-corrected chi connectivity index (χ2v) is 8.05. The number of carboxylic acid groups (broad SMARTS) is 1. The standard InChI is InChI=1S/C24H21N5O4/c1-12-21(14(3)33-27-12)15-10-19-17(9-16(15)23(30)31)22-20(11-26-19)28(4)24(32)29(22)13(2)18-7-5-6-8-25-18/h5-11,13H,1-4H3,(H,30,31). The van der Waals surface area contributed by atoms with Crippen LogP contribution in [-0.2, 0) is 7.05 Å². The van der Waals surface area contributed by atoms with E-state index < -0.39 is 5.97 Å². The maximum atomic E-state index is 13.2. The van der Waals surface area contributed by atoms with E-state index in [-0.39, 0.29) is 17.3 Å². The monoisotopic (exact) mass is 443 g/mol. The van der Waals surface area contributed by atoms with Gasteiger partial charge >= 0.3 is 11.7 Å². The van der Waals surface area contributed by atoms with Gasteiger partial charge in [0, 0.05) is 29.8 Å². The van der Waals surface area contributed by atoms with Gasteiger partial charge in [0.1, 0.15) is 5.76 Å². The van der Waals surface area contributed by atoms with Crippen molar-refractivity contribution in [1.29, 1.82) is 0 Å². The van der Waals surface area contributed by atoms with Crippen molar-refractivity contribution in [1.82, 2.24) is 24.3 Å². The van der Waals surface area contributed by atoms with E-state index in [0.717, 1.165) is 5.69 Å². The highest BCUT2D eigenvalue weighted by molar-refractivity contribution is 6.09. The Balaban J connectivity index is 1.89. The van der Waals surface area contributed by atoms with Crippen LogP contribution in [0, 0.1) is 13.8 Å². The number of hydrogen-bond donors (Lipinski definition) is 1. The summed E-state index contributed by atoms with van der Waals surface area (Å²) < 4.78 is 8.43. The normalized spacial score (nSPS) is 12.5. The average Bonchev–Trinajstić information content (AvgIpc) is 3.28. The zero-order valence-corrected chi connectivity index (χ0v) is 18.5. The maximum absolute atomic E-state index is 13.2. The fourth-order valence-electron chi connectivity index (χ4n) is 4.44. The lowest BCUT2D eigenvalue weighted by Crippen LogP contribution is -2.25. The number of carboxylic acids is 1. The summed E-state index contributed by atoms with van der Waals surface area (Å²) in [5.74, 6) is -0.567. The summed E-state index contributed by atoms with van der Waals surface area (Å²) in [5.41, 5.74) is 4.05. The highest BCUT2D eigenvalue weighted by Crippen LogP contribution is 2.35. The second-order valence-electron chi connectivity index (χ2n) is 8.05. The Morgan fingerprint density at radius 2 is 1.97 bits per heavy atom. The van der Waals surface area contributed by atoms with Crippen LogP contribution in [0.3, 0.4) is 0 Å². The first-order chi connectivity index (χ1) is 15.8. The van der Waals surface area contributed by atoms with Crippen LogP contribution in [0.25, 0.3) is 33.1 Å². The molecule has 1 atom stereocenters. The van der Waals surface area contributed by atoms with Crippen LogP contribution >= 0.6 is 0 Å². The molecule has 0 aliphatic rings. The Hall–Kier alpha value is -4.27. The van der Waals surface area contributed by atoms with Gasteiger partial charge in [0.05, 0.1) is 45.7 Å². The minimum atomic E-state index is -1.09. The van der Waals surface area contributed by atoms with Crippen LogP contribution in [0.4, 0.5) is 0 Å². The van der Waals surface area contributed by atoms with Gasteiger partial charge in [-0.15, -0.1) is 0 Å². The Morgan fingerprint density at radius 1 is 1.18 bits per heavy atom. The van der Waals surface area contributed by atoms with Crippen molar-refractivity contribution in [3.05, 3.63) is 75.9 Å². The van der Waals surface area contributed by atoms with Crippen LogP contribution in [-0.4, -0.2) is 35.3 Å². The predicted molar refractivity (Wildman–Crippen MR) is 122 cm³/mol. The Bertz CT molecular complexity index is 1590. The Kier molecular flexibility index (Phi) is 4.63. The van der Waals surface area contributed by atoms with Gasteiger partial charge in [-0.1, -0.05) is 11.2 Å². The number of pyridine rings is 2. The minimum Gasteiger partial charge on any atom is -0.478 e. The number of carbonyl (C=O) groups is 1. The van der Waals surface area contributed by atoms with Gasteiger partial charge in [0.25, 0.3) is 0 Å². The minimum absolute atomic E-state index is 0.0829. The number of fused-ring (bicyclic) bond motifs is 3. The van der Waals surface area contributed by atoms with Crippen LogP contribution in [0.5, 0.6) is 0 Å². The summed E-state index contributed by atoms with van der Waals surface area (Å²) in [7, 11) is 1.68. The molecule has 1 unspecified atom stereocenters. The molecule has 5 aromatic rings. The number of aryl methyl sites for hydroxylation is 3. The number of hydrogen-bond acceptors (Lipinski definition) is 6. The molecule has 0 spiro atoms. The number of aromatic carboxylic acids is 1. The van der Waals surface area contributed by atoms with E-state index in [1.165, 1.54) is 4.57 Å². The van der Waals surface area contributed by atoms with Crippen LogP contribution < -0.4 is 5.69 Å². The maximum Gasteiger partial charge on any atom is 0.336 e. The third-order valence-electron chi connectivity index (χ3n) is 6.09. The van der Waals surface area contributed by atoms with E-state index >= 15 is 0 Å². The van der Waals surface area contributed by atoms with Gasteiger partial charge < -0.3 is 9.63 Å². The highest BCUT2D eigenvalue weighted by Gasteiger charge is 2.24. The van der Waals surface area contributed by atoms with E-state index in [0.29, 0.717) is 44.5 Å². The van der Waals surface area contributed by atoms with Crippen molar-refractivity contribution < 1.29 is 14.4 Å². The highest BCUT2D eigenvalue weighted by atomic mass is 16.5. The molecule has 4 heterocycles. The molecular formula is C24H21N5O4. The SMILES string of the molecule is Cc1noc(C)c1-c1cc2ncc3c(c2cc1C(=O)O)n(C(C)c1ccccn1)c(=O)n3C. The fourth-order valence-corrected chi connectivity index (χ4v) is 4.44. The summed E-state index contributed by atoms with van der Waals surface area (Å²) in [4.78, 5) is 34.5. The number of benzene rings is 1. The molecule has 1 aromatic carbocycles. The Labute approximate surface area is 187 Å². The molecule has 0 radical (unpaired) electrons. The van der Waals surface area contributed by atoms with Gasteiger partial charge in [0.2, 0.25) is 0 Å². The van der Waals surface area contributed by atoms with Crippen molar-refractivity contribution in [2.75, 3.05) is 0 Å². The van der Waals surface area contributed by atoms with Crippen molar-refractivity contribution >= 4 is 27.9 Å². The summed E-state index contributed by atoms with van der Waals surface area (Å²) >= 11 is 0. The van der Waals surface area contributed by atoms with E-state index in [1.54, 1.807) is 50.0 Å². The van der Waals surface area contributed by atoms with Crippen molar-refractivity contribution in [3.63, 3.8) is 0 Å². The van der Waals surface area contributed by atoms with Crippen molar-refractivity contribution in [2.45, 2.75) is 26.8 Å². The van der Waals surface area contributed by atoms with E-state index in [4.69, 9.17) is 4.52 Å². The smallest absolute Gasteiger partial charge is 0.336 e. The molecule has 166 valence electrons. The first-order valence-electron chi connectivity index (χ1n) is 10.4. The zero-order valence-electron chi connectivity index (χ0n) is 18.5. The number of rotatable bonds is 4. The average molecular weight is 443 g/mol. The molecular weight excluding hydrogens is 422 g/mol. The van der Waals surface area contributed by atoms with Crippen molar-refractivity contribution in [2.24, 2.45) is 7.05 Å². The topological polar surface area (TPSA) is 116 Å². The second kappa shape index (κ2) is 7.40. The van der Waals surface area contributed by atoms with Crippen molar-refractivity contribution in [3.8, 4) is 11.1 Å². The molecule has 0 amide bonds. The van der Waals surface area contributed by atoms with Gasteiger partial charge in [-0.2, -0.15) is 0 Å². The summed E-state index contributed by atoms with van der Waals surface area (Å²) in [6.45, 7) is 5.40. The molecule has 0 saturated heterocycles. The molecule has 33 heavy (non-hydrogen) atoms. The van der Waals surface area contributed by atoms with E-state index in [1.807, 2.05) is 25.1 Å². The van der Waals surface area contributed by atoms with E-state index in [9.17, 15) is 14.7 Å². The number of aromatic nitrogens is 5. The first kappa shape index (κ1) is 20.6. The molecule has 0 aliphatic carbocycles. The number of imidazole rings is 1. The van der Waals surface area contributed by atoms with Gasteiger partial charge in [-0.05, 0) is 45.0 Å². The molecule has 0 aliphatic heterocycles. The lowest BCUT2D eigenvalue weighted by atomic mass is 9.95. The molecule has 1 N–H and O–H groups in total. The molecule has 9 heteroatoms. The predicted octanol–water partition coefficient (Wildman–Crippen LogP) is 3.86. The summed E-state index contributed by atoms with van der Waals surface area (Å²) in [6.07, 6.45) is 3.32. The molecule has 0 bridgehead atoms. The molecule has 5 rings (SSSR count). The Morgan fingerprint density at radius 3 is 2.61 bits per heavy atom. The van der Waals surface area contributed by atoms with Crippen LogP contribution in [0.15, 0.2) is 52.0 Å². The quantitative estimate of drug-likeness (QED) is 0.448. The fraction of sp³-hybridized carbons (Fsp3) is 0.208. The summed E-state index contributed by atoms with van der Waals surface area (Å²) in [6, 6.07) is 8.47. The van der Waals surface area contributed by atoms with Gasteiger partial charge in [-0.25, -0.2) is 9.59 Å². The van der Waals surface area contributed by atoms with Gasteiger partial charge in [0.15, 0.2) is 0 Å². The van der Waals surface area contributed by atoms with E-state index in [2.05, 4.69) is 15.1 Å². The van der Waals surface area contributed by atoms with Gasteiger partial charge in [-0.3, -0.25) is 19.1 Å². The lowest BCUT2D eigenvalue weighted by molar-refractivity contribution is 0.0698. The van der Waals surface area contributed by atoms with Crippen LogP contribution in [0.1, 0.15) is 40.5 Å². The zero-order chi connectivity index (χ0) is 23.4. The van der Waals surface area contributed by atoms with Crippen LogP contribution in [0.2, 0.25) is 0 Å². The third-order valence-corrected chi connectivity index (χ3v) is 6.09. The molecule has 4 aromatic heterocycles. The third kappa shape index (κ3) is 3.04. The summed E-state index contributed by atoms with van der Waals surface area (Å²) in [5, 5.41) is 14.6. The molecule has 0 fully saturated rings. The molecule has 9 nitrogen and oxygen atoms in total. The lowest BCUT2D eigenvalue weighted by Gasteiger charge is -2.15.